The highest BCUT2D eigenvalue weighted by molar-refractivity contribution is 5.95. The number of halogens is 2. The van der Waals surface area contributed by atoms with Crippen LogP contribution in [0.5, 0.6) is 0 Å². The summed E-state index contributed by atoms with van der Waals surface area (Å²) in [5.74, 6) is -1.96. The molecule has 0 saturated carbocycles. The summed E-state index contributed by atoms with van der Waals surface area (Å²) < 4.78 is 27.3. The van der Waals surface area contributed by atoms with Crippen molar-refractivity contribution in [2.45, 2.75) is 32.7 Å². The third-order valence-corrected chi connectivity index (χ3v) is 3.06. The van der Waals surface area contributed by atoms with Gasteiger partial charge in [-0.25, -0.2) is 8.78 Å². The van der Waals surface area contributed by atoms with Gasteiger partial charge in [0.15, 0.2) is 11.6 Å². The Morgan fingerprint density at radius 2 is 2.06 bits per heavy atom. The molecule has 0 fully saturated rings. The van der Waals surface area contributed by atoms with Crippen LogP contribution in [-0.2, 0) is 4.79 Å². The molecule has 2 rings (SSSR count). The number of hydrogen-bond acceptors (Lipinski definition) is 2. The van der Waals surface area contributed by atoms with Crippen molar-refractivity contribution in [1.82, 2.24) is 0 Å². The number of carbonyl (C=O) groups excluding carboxylic acids is 1. The molecule has 98 valence electrons. The molecule has 1 N–H and O–H groups in total. The normalized spacial score (nSPS) is 16.1. The number of benzene rings is 1. The second kappa shape index (κ2) is 4.92. The van der Waals surface area contributed by atoms with Crippen molar-refractivity contribution in [3.8, 4) is 0 Å². The minimum atomic E-state index is -0.900. The molecular formula is C13H16F2N2O. The third kappa shape index (κ3) is 2.30. The van der Waals surface area contributed by atoms with Crippen LogP contribution >= 0.6 is 0 Å². The van der Waals surface area contributed by atoms with Gasteiger partial charge in [-0.1, -0.05) is 0 Å². The molecule has 0 spiro atoms. The van der Waals surface area contributed by atoms with E-state index in [0.717, 1.165) is 6.07 Å². The fourth-order valence-electron chi connectivity index (χ4n) is 2.17. The number of nitrogens with zero attached hydrogens (tertiary/aromatic N) is 1. The second-order valence-corrected chi connectivity index (χ2v) is 4.70. The first-order valence-corrected chi connectivity index (χ1v) is 6.05. The molecule has 1 aliphatic heterocycles. The minimum absolute atomic E-state index is 0.0371. The summed E-state index contributed by atoms with van der Waals surface area (Å²) in [6, 6.07) is 2.48. The summed E-state index contributed by atoms with van der Waals surface area (Å²) in [5.41, 5.74) is 0.491. The molecular weight excluding hydrogens is 238 g/mol. The van der Waals surface area contributed by atoms with Gasteiger partial charge in [0.2, 0.25) is 5.91 Å². The molecule has 0 unspecified atom stereocenters. The highest BCUT2D eigenvalue weighted by Crippen LogP contribution is 2.33. The van der Waals surface area contributed by atoms with Crippen LogP contribution in [0, 0.1) is 11.6 Å². The molecule has 0 aromatic heterocycles. The second-order valence-electron chi connectivity index (χ2n) is 4.70. The summed E-state index contributed by atoms with van der Waals surface area (Å²) in [5, 5.41) is 2.63. The van der Waals surface area contributed by atoms with Crippen LogP contribution in [0.1, 0.15) is 26.7 Å². The predicted octanol–water partition coefficient (Wildman–Crippen LogP) is 2.91. The molecule has 1 aromatic carbocycles. The van der Waals surface area contributed by atoms with E-state index < -0.39 is 11.6 Å². The SMILES string of the molecule is CC(C)N1CCCC(=O)Nc2ccc(F)c(F)c21. The number of hydrogen-bond donors (Lipinski definition) is 1. The monoisotopic (exact) mass is 254 g/mol. The average Bonchev–Trinajstić information content (AvgIpc) is 2.28. The number of fused-ring (bicyclic) bond motifs is 1. The molecule has 0 bridgehead atoms. The quantitative estimate of drug-likeness (QED) is 0.835. The van der Waals surface area contributed by atoms with Crippen molar-refractivity contribution in [2.75, 3.05) is 16.8 Å². The Morgan fingerprint density at radius 3 is 2.72 bits per heavy atom. The van der Waals surface area contributed by atoms with Crippen LogP contribution in [-0.4, -0.2) is 18.5 Å². The maximum atomic E-state index is 14.0. The van der Waals surface area contributed by atoms with Crippen molar-refractivity contribution in [3.63, 3.8) is 0 Å². The first kappa shape index (κ1) is 12.8. The lowest BCUT2D eigenvalue weighted by Gasteiger charge is -2.32. The summed E-state index contributed by atoms with van der Waals surface area (Å²) in [7, 11) is 0. The molecule has 0 aliphatic carbocycles. The van der Waals surface area contributed by atoms with E-state index >= 15 is 0 Å². The summed E-state index contributed by atoms with van der Waals surface area (Å²) in [6.45, 7) is 4.37. The largest absolute Gasteiger partial charge is 0.365 e. The van der Waals surface area contributed by atoms with E-state index in [9.17, 15) is 13.6 Å². The molecule has 5 heteroatoms. The van der Waals surface area contributed by atoms with E-state index in [-0.39, 0.29) is 17.6 Å². The van der Waals surface area contributed by atoms with Gasteiger partial charge in [-0.2, -0.15) is 0 Å². The lowest BCUT2D eigenvalue weighted by molar-refractivity contribution is -0.116. The highest BCUT2D eigenvalue weighted by atomic mass is 19.2. The number of rotatable bonds is 1. The van der Waals surface area contributed by atoms with Gasteiger partial charge in [-0.15, -0.1) is 0 Å². The smallest absolute Gasteiger partial charge is 0.224 e. The van der Waals surface area contributed by atoms with E-state index in [4.69, 9.17) is 0 Å². The zero-order chi connectivity index (χ0) is 13.3. The first-order chi connectivity index (χ1) is 8.50. The Bertz CT molecular complexity index is 474. The zero-order valence-electron chi connectivity index (χ0n) is 10.5. The maximum Gasteiger partial charge on any atom is 0.224 e. The number of nitrogens with one attached hydrogen (secondary N) is 1. The average molecular weight is 254 g/mol. The zero-order valence-corrected chi connectivity index (χ0v) is 10.5. The molecule has 1 aromatic rings. The molecule has 1 heterocycles. The molecule has 1 aliphatic rings. The van der Waals surface area contributed by atoms with Crippen LogP contribution in [0.25, 0.3) is 0 Å². The number of carbonyl (C=O) groups is 1. The fraction of sp³-hybridized carbons (Fsp3) is 0.462. The molecule has 0 radical (unpaired) electrons. The van der Waals surface area contributed by atoms with Crippen molar-refractivity contribution < 1.29 is 13.6 Å². The molecule has 1 amide bonds. The molecule has 18 heavy (non-hydrogen) atoms. The van der Waals surface area contributed by atoms with Crippen molar-refractivity contribution in [2.24, 2.45) is 0 Å². The minimum Gasteiger partial charge on any atom is -0.365 e. The Labute approximate surface area is 105 Å². The Kier molecular flexibility index (Phi) is 3.50. The topological polar surface area (TPSA) is 32.3 Å². The van der Waals surface area contributed by atoms with Crippen LogP contribution in [0.4, 0.5) is 20.2 Å². The van der Waals surface area contributed by atoms with Gasteiger partial charge in [0.1, 0.15) is 5.69 Å². The Balaban J connectivity index is 2.55. The Hall–Kier alpha value is -1.65. The highest BCUT2D eigenvalue weighted by Gasteiger charge is 2.24. The van der Waals surface area contributed by atoms with Crippen molar-refractivity contribution in [3.05, 3.63) is 23.8 Å². The third-order valence-electron chi connectivity index (χ3n) is 3.06. The predicted molar refractivity (Wildman–Crippen MR) is 66.7 cm³/mol. The van der Waals surface area contributed by atoms with Crippen molar-refractivity contribution >= 4 is 17.3 Å². The van der Waals surface area contributed by atoms with Crippen LogP contribution in [0.15, 0.2) is 12.1 Å². The van der Waals surface area contributed by atoms with E-state index in [1.807, 2.05) is 13.8 Å². The standard InChI is InChI=1S/C13H16F2N2O/c1-8(2)17-7-3-4-11(18)16-10-6-5-9(14)12(15)13(10)17/h5-6,8H,3-4,7H2,1-2H3,(H,16,18). The van der Waals surface area contributed by atoms with E-state index in [0.29, 0.717) is 25.1 Å². The lowest BCUT2D eigenvalue weighted by Crippen LogP contribution is -2.35. The van der Waals surface area contributed by atoms with Gasteiger partial charge in [-0.3, -0.25) is 4.79 Å². The Morgan fingerprint density at radius 1 is 1.33 bits per heavy atom. The number of anilines is 2. The summed E-state index contributed by atoms with van der Waals surface area (Å²) in [4.78, 5) is 13.3. The van der Waals surface area contributed by atoms with Crippen molar-refractivity contribution in [1.29, 1.82) is 0 Å². The van der Waals surface area contributed by atoms with E-state index in [1.165, 1.54) is 6.07 Å². The summed E-state index contributed by atoms with van der Waals surface area (Å²) in [6.07, 6.45) is 1.01. The molecule has 3 nitrogen and oxygen atoms in total. The molecule has 0 atom stereocenters. The van der Waals surface area contributed by atoms with Crippen LogP contribution in [0.3, 0.4) is 0 Å². The molecule has 0 saturated heterocycles. The van der Waals surface area contributed by atoms with Gasteiger partial charge in [-0.05, 0) is 32.4 Å². The first-order valence-electron chi connectivity index (χ1n) is 6.05. The van der Waals surface area contributed by atoms with Gasteiger partial charge >= 0.3 is 0 Å². The van der Waals surface area contributed by atoms with Gasteiger partial charge in [0.05, 0.1) is 5.69 Å². The maximum absolute atomic E-state index is 14.0. The summed E-state index contributed by atoms with van der Waals surface area (Å²) >= 11 is 0. The van der Waals surface area contributed by atoms with Crippen LogP contribution in [0.2, 0.25) is 0 Å². The van der Waals surface area contributed by atoms with Crippen LogP contribution < -0.4 is 10.2 Å². The van der Waals surface area contributed by atoms with E-state index in [2.05, 4.69) is 5.32 Å². The van der Waals surface area contributed by atoms with Gasteiger partial charge < -0.3 is 10.2 Å². The van der Waals surface area contributed by atoms with Gasteiger partial charge in [0.25, 0.3) is 0 Å². The number of amides is 1. The fourth-order valence-corrected chi connectivity index (χ4v) is 2.17. The van der Waals surface area contributed by atoms with E-state index in [1.54, 1.807) is 4.90 Å². The lowest BCUT2D eigenvalue weighted by atomic mass is 10.1. The van der Waals surface area contributed by atoms with Gasteiger partial charge in [0, 0.05) is 19.0 Å².